The fraction of sp³-hybridized carbons (Fsp3) is 0.188. The van der Waals surface area contributed by atoms with Crippen molar-refractivity contribution in [2.75, 3.05) is 21.3 Å². The Balaban J connectivity index is 2.54. The number of benzene rings is 2. The van der Waals surface area contributed by atoms with E-state index < -0.39 is 0 Å². The van der Waals surface area contributed by atoms with Crippen molar-refractivity contribution in [3.63, 3.8) is 0 Å². The quantitative estimate of drug-likeness (QED) is 0.785. The van der Waals surface area contributed by atoms with Crippen LogP contribution >= 0.6 is 0 Å². The maximum Gasteiger partial charge on any atom is 0.200 e. The first-order valence-electron chi connectivity index (χ1n) is 6.11. The zero-order valence-electron chi connectivity index (χ0n) is 11.7. The molecule has 104 valence electrons. The summed E-state index contributed by atoms with van der Waals surface area (Å²) in [6, 6.07) is 12.3. The Hall–Kier alpha value is -2.49. The van der Waals surface area contributed by atoms with Crippen LogP contribution < -0.4 is 14.2 Å². The van der Waals surface area contributed by atoms with E-state index in [0.29, 0.717) is 28.4 Å². The van der Waals surface area contributed by atoms with Gasteiger partial charge in [0.15, 0.2) is 11.5 Å². The average molecular weight is 272 g/mol. The number of para-hydroxylation sites is 2. The molecule has 4 nitrogen and oxygen atoms in total. The number of carbonyl (C=O) groups excluding carboxylic acids is 1. The summed E-state index contributed by atoms with van der Waals surface area (Å²) in [7, 11) is 4.58. The van der Waals surface area contributed by atoms with Crippen LogP contribution in [0.4, 0.5) is 0 Å². The zero-order valence-corrected chi connectivity index (χ0v) is 11.7. The van der Waals surface area contributed by atoms with Gasteiger partial charge in [-0.15, -0.1) is 0 Å². The van der Waals surface area contributed by atoms with Crippen molar-refractivity contribution < 1.29 is 19.0 Å². The maximum atomic E-state index is 12.7. The lowest BCUT2D eigenvalue weighted by Crippen LogP contribution is -2.06. The lowest BCUT2D eigenvalue weighted by Gasteiger charge is -2.13. The fourth-order valence-corrected chi connectivity index (χ4v) is 2.04. The zero-order chi connectivity index (χ0) is 14.5. The highest BCUT2D eigenvalue weighted by Gasteiger charge is 2.20. The Kier molecular flexibility index (Phi) is 4.25. The Morgan fingerprint density at radius 3 is 2.00 bits per heavy atom. The summed E-state index contributed by atoms with van der Waals surface area (Å²) < 4.78 is 15.7. The highest BCUT2D eigenvalue weighted by molar-refractivity contribution is 6.12. The molecule has 20 heavy (non-hydrogen) atoms. The molecule has 0 radical (unpaired) electrons. The van der Waals surface area contributed by atoms with Crippen molar-refractivity contribution in [3.8, 4) is 17.2 Å². The van der Waals surface area contributed by atoms with E-state index in [1.165, 1.54) is 21.3 Å². The standard InChI is InChI=1S/C16H16O4/c1-18-13-9-5-4-7-11(13)15(17)12-8-6-10-14(19-2)16(12)20-3/h4-10H,1-3H3. The molecule has 0 amide bonds. The predicted molar refractivity (Wildman–Crippen MR) is 76.0 cm³/mol. The molecule has 4 heteroatoms. The van der Waals surface area contributed by atoms with Crippen molar-refractivity contribution >= 4 is 5.78 Å². The van der Waals surface area contributed by atoms with E-state index in [2.05, 4.69) is 0 Å². The van der Waals surface area contributed by atoms with E-state index in [4.69, 9.17) is 14.2 Å². The highest BCUT2D eigenvalue weighted by atomic mass is 16.5. The second-order valence-corrected chi connectivity index (χ2v) is 4.07. The number of methoxy groups -OCH3 is 3. The molecule has 0 atom stereocenters. The molecule has 0 aliphatic carbocycles. The van der Waals surface area contributed by atoms with Crippen LogP contribution in [0.25, 0.3) is 0 Å². The molecule has 2 aromatic carbocycles. The molecule has 0 N–H and O–H groups in total. The van der Waals surface area contributed by atoms with Crippen molar-refractivity contribution in [2.24, 2.45) is 0 Å². The number of ether oxygens (including phenoxy) is 3. The largest absolute Gasteiger partial charge is 0.496 e. The van der Waals surface area contributed by atoms with Crippen LogP contribution in [-0.2, 0) is 0 Å². The van der Waals surface area contributed by atoms with E-state index in [9.17, 15) is 4.79 Å². The SMILES string of the molecule is COc1ccccc1C(=O)c1cccc(OC)c1OC. The minimum absolute atomic E-state index is 0.168. The van der Waals surface area contributed by atoms with Crippen molar-refractivity contribution in [3.05, 3.63) is 53.6 Å². The van der Waals surface area contributed by atoms with E-state index in [1.54, 1.807) is 36.4 Å². The number of hydrogen-bond acceptors (Lipinski definition) is 4. The van der Waals surface area contributed by atoms with Crippen molar-refractivity contribution in [1.29, 1.82) is 0 Å². The van der Waals surface area contributed by atoms with Gasteiger partial charge in [-0.1, -0.05) is 18.2 Å². The third-order valence-electron chi connectivity index (χ3n) is 3.00. The molecule has 0 spiro atoms. The minimum atomic E-state index is -0.168. The van der Waals surface area contributed by atoms with Gasteiger partial charge in [-0.3, -0.25) is 4.79 Å². The average Bonchev–Trinajstić information content (AvgIpc) is 2.53. The molecule has 2 aromatic rings. The molecule has 0 heterocycles. The Labute approximate surface area is 117 Å². The van der Waals surface area contributed by atoms with Gasteiger partial charge in [0.2, 0.25) is 5.78 Å². The molecule has 0 saturated carbocycles. The smallest absolute Gasteiger partial charge is 0.200 e. The monoisotopic (exact) mass is 272 g/mol. The molecule has 0 aliphatic rings. The normalized spacial score (nSPS) is 9.95. The number of hydrogen-bond donors (Lipinski definition) is 0. The Morgan fingerprint density at radius 1 is 0.750 bits per heavy atom. The van der Waals surface area contributed by atoms with Gasteiger partial charge in [0.05, 0.1) is 32.5 Å². The molecule has 0 unspecified atom stereocenters. The number of carbonyl (C=O) groups is 1. The van der Waals surface area contributed by atoms with Gasteiger partial charge in [0.1, 0.15) is 5.75 Å². The Morgan fingerprint density at radius 2 is 1.35 bits per heavy atom. The van der Waals surface area contributed by atoms with Gasteiger partial charge in [-0.2, -0.15) is 0 Å². The molecule has 0 saturated heterocycles. The van der Waals surface area contributed by atoms with Gasteiger partial charge in [-0.05, 0) is 24.3 Å². The molecular formula is C16H16O4. The Bertz CT molecular complexity index is 620. The summed E-state index contributed by atoms with van der Waals surface area (Å²) in [6.07, 6.45) is 0. The first-order chi connectivity index (χ1) is 9.72. The molecule has 0 bridgehead atoms. The summed E-state index contributed by atoms with van der Waals surface area (Å²) in [4.78, 5) is 12.7. The van der Waals surface area contributed by atoms with E-state index in [0.717, 1.165) is 0 Å². The molecule has 0 aromatic heterocycles. The summed E-state index contributed by atoms with van der Waals surface area (Å²) in [6.45, 7) is 0. The summed E-state index contributed by atoms with van der Waals surface area (Å²) >= 11 is 0. The number of rotatable bonds is 5. The predicted octanol–water partition coefficient (Wildman–Crippen LogP) is 2.94. The molecule has 2 rings (SSSR count). The fourth-order valence-electron chi connectivity index (χ4n) is 2.04. The third-order valence-corrected chi connectivity index (χ3v) is 3.00. The van der Waals surface area contributed by atoms with E-state index >= 15 is 0 Å². The second-order valence-electron chi connectivity index (χ2n) is 4.07. The summed E-state index contributed by atoms with van der Waals surface area (Å²) in [5, 5.41) is 0. The maximum absolute atomic E-state index is 12.7. The third kappa shape index (κ3) is 2.45. The lowest BCUT2D eigenvalue weighted by atomic mass is 10.0. The van der Waals surface area contributed by atoms with Crippen LogP contribution in [-0.4, -0.2) is 27.1 Å². The van der Waals surface area contributed by atoms with E-state index in [-0.39, 0.29) is 5.78 Å². The second kappa shape index (κ2) is 6.10. The first-order valence-corrected chi connectivity index (χ1v) is 6.11. The van der Waals surface area contributed by atoms with Gasteiger partial charge in [-0.25, -0.2) is 0 Å². The van der Waals surface area contributed by atoms with Crippen LogP contribution in [0.15, 0.2) is 42.5 Å². The topological polar surface area (TPSA) is 44.8 Å². The van der Waals surface area contributed by atoms with Crippen LogP contribution in [0.3, 0.4) is 0 Å². The van der Waals surface area contributed by atoms with Gasteiger partial charge in [0.25, 0.3) is 0 Å². The molecule has 0 fully saturated rings. The van der Waals surface area contributed by atoms with Crippen LogP contribution in [0.1, 0.15) is 15.9 Å². The molecule has 0 aliphatic heterocycles. The lowest BCUT2D eigenvalue weighted by molar-refractivity contribution is 0.103. The minimum Gasteiger partial charge on any atom is -0.496 e. The van der Waals surface area contributed by atoms with Crippen molar-refractivity contribution in [2.45, 2.75) is 0 Å². The summed E-state index contributed by atoms with van der Waals surface area (Å²) in [5.74, 6) is 1.31. The molecular weight excluding hydrogens is 256 g/mol. The summed E-state index contributed by atoms with van der Waals surface area (Å²) in [5.41, 5.74) is 0.929. The van der Waals surface area contributed by atoms with E-state index in [1.807, 2.05) is 6.07 Å². The highest BCUT2D eigenvalue weighted by Crippen LogP contribution is 2.33. The van der Waals surface area contributed by atoms with Crippen LogP contribution in [0.2, 0.25) is 0 Å². The first kappa shape index (κ1) is 13.9. The van der Waals surface area contributed by atoms with Crippen LogP contribution in [0.5, 0.6) is 17.2 Å². The van der Waals surface area contributed by atoms with Crippen molar-refractivity contribution in [1.82, 2.24) is 0 Å². The van der Waals surface area contributed by atoms with Crippen LogP contribution in [0, 0.1) is 0 Å². The van der Waals surface area contributed by atoms with Gasteiger partial charge in [0, 0.05) is 0 Å². The van der Waals surface area contributed by atoms with Gasteiger partial charge >= 0.3 is 0 Å². The van der Waals surface area contributed by atoms with Gasteiger partial charge < -0.3 is 14.2 Å². The number of ketones is 1.